The summed E-state index contributed by atoms with van der Waals surface area (Å²) in [6.45, 7) is 9.91. The lowest BCUT2D eigenvalue weighted by Gasteiger charge is -2.49. The molecule has 0 radical (unpaired) electrons. The van der Waals surface area contributed by atoms with Crippen LogP contribution in [-0.4, -0.2) is 32.4 Å². The van der Waals surface area contributed by atoms with E-state index in [1.165, 1.54) is 0 Å². The zero-order valence-electron chi connectivity index (χ0n) is 14.8. The first-order valence-corrected chi connectivity index (χ1v) is 8.74. The van der Waals surface area contributed by atoms with Gasteiger partial charge in [-0.15, -0.1) is 0 Å². The predicted molar refractivity (Wildman–Crippen MR) is 91.7 cm³/mol. The van der Waals surface area contributed by atoms with Crippen molar-refractivity contribution in [3.05, 3.63) is 29.3 Å². The highest BCUT2D eigenvalue weighted by atomic mass is 19.4. The minimum absolute atomic E-state index is 0.150. The van der Waals surface area contributed by atoms with Crippen LogP contribution >= 0.6 is 0 Å². The van der Waals surface area contributed by atoms with E-state index in [0.29, 0.717) is 11.0 Å². The summed E-state index contributed by atoms with van der Waals surface area (Å²) in [6.07, 6.45) is -2.91. The molecule has 0 atom stereocenters. The van der Waals surface area contributed by atoms with Gasteiger partial charge in [0.1, 0.15) is 0 Å². The molecule has 24 heavy (non-hydrogen) atoms. The molecule has 0 aliphatic carbocycles. The van der Waals surface area contributed by atoms with Crippen molar-refractivity contribution in [2.24, 2.45) is 5.41 Å². The van der Waals surface area contributed by atoms with Crippen LogP contribution in [0, 0.1) is 5.41 Å². The van der Waals surface area contributed by atoms with Crippen LogP contribution in [0.3, 0.4) is 0 Å². The van der Waals surface area contributed by atoms with Crippen LogP contribution in [0.2, 0.25) is 0 Å². The van der Waals surface area contributed by atoms with Crippen LogP contribution in [0.4, 0.5) is 18.9 Å². The van der Waals surface area contributed by atoms with Gasteiger partial charge in [-0.05, 0) is 40.9 Å². The zero-order valence-corrected chi connectivity index (χ0v) is 14.8. The first-order chi connectivity index (χ1) is 11.1. The smallest absolute Gasteiger partial charge is 0.371 e. The highest BCUT2D eigenvalue weighted by Crippen LogP contribution is 2.39. The Kier molecular flexibility index (Phi) is 4.35. The number of piperidine rings is 1. The summed E-state index contributed by atoms with van der Waals surface area (Å²) in [4.78, 5) is 2.15. The largest absolute Gasteiger partial charge is 0.393 e. The topological polar surface area (TPSA) is 15.3 Å². The third kappa shape index (κ3) is 3.71. The summed E-state index contributed by atoms with van der Waals surface area (Å²) >= 11 is 0. The predicted octanol–water partition coefficient (Wildman–Crippen LogP) is 4.28. The summed E-state index contributed by atoms with van der Waals surface area (Å²) in [5, 5.41) is 3.33. The van der Waals surface area contributed by atoms with Gasteiger partial charge in [-0.3, -0.25) is 0 Å². The van der Waals surface area contributed by atoms with Gasteiger partial charge in [0, 0.05) is 31.9 Å². The zero-order chi connectivity index (χ0) is 17.6. The number of benzene rings is 1. The number of rotatable bonds is 2. The van der Waals surface area contributed by atoms with E-state index in [4.69, 9.17) is 0 Å². The standard InChI is InChI=1S/C19H27F3N2/c1-17(2,3)15-4-5-16(14(10-15)11-19(20,21)22)24-8-6-18(7-9-24)12-23-13-18/h4-5,10,23H,6-9,11-13H2,1-3H3. The van der Waals surface area contributed by atoms with Gasteiger partial charge < -0.3 is 10.2 Å². The van der Waals surface area contributed by atoms with Gasteiger partial charge in [0.2, 0.25) is 0 Å². The van der Waals surface area contributed by atoms with E-state index in [9.17, 15) is 13.2 Å². The minimum Gasteiger partial charge on any atom is -0.371 e. The van der Waals surface area contributed by atoms with Crippen LogP contribution in [0.15, 0.2) is 18.2 Å². The van der Waals surface area contributed by atoms with E-state index in [0.717, 1.165) is 50.3 Å². The molecule has 2 saturated heterocycles. The van der Waals surface area contributed by atoms with Crippen LogP contribution < -0.4 is 10.2 Å². The van der Waals surface area contributed by atoms with Gasteiger partial charge in [-0.25, -0.2) is 0 Å². The molecule has 2 nitrogen and oxygen atoms in total. The summed E-state index contributed by atoms with van der Waals surface area (Å²) < 4.78 is 39.2. The average Bonchev–Trinajstić information content (AvgIpc) is 2.43. The number of hydrogen-bond donors (Lipinski definition) is 1. The number of anilines is 1. The molecule has 0 amide bonds. The van der Waals surface area contributed by atoms with Crippen molar-refractivity contribution in [1.82, 2.24) is 5.32 Å². The number of halogens is 3. The van der Waals surface area contributed by atoms with E-state index in [1.54, 1.807) is 6.07 Å². The van der Waals surface area contributed by atoms with E-state index in [1.807, 2.05) is 32.9 Å². The molecule has 0 aromatic heterocycles. The van der Waals surface area contributed by atoms with Gasteiger partial charge in [-0.1, -0.05) is 32.9 Å². The van der Waals surface area contributed by atoms with Crippen molar-refractivity contribution in [2.45, 2.75) is 51.6 Å². The highest BCUT2D eigenvalue weighted by molar-refractivity contribution is 5.56. The molecule has 0 bridgehead atoms. The lowest BCUT2D eigenvalue weighted by molar-refractivity contribution is -0.127. The van der Waals surface area contributed by atoms with E-state index < -0.39 is 12.6 Å². The van der Waals surface area contributed by atoms with Crippen LogP contribution in [0.25, 0.3) is 0 Å². The minimum atomic E-state index is -4.18. The monoisotopic (exact) mass is 340 g/mol. The average molecular weight is 340 g/mol. The Morgan fingerprint density at radius 2 is 1.71 bits per heavy atom. The molecule has 1 N–H and O–H groups in total. The third-order valence-corrected chi connectivity index (χ3v) is 5.50. The SMILES string of the molecule is CC(C)(C)c1ccc(N2CCC3(CC2)CNC3)c(CC(F)(F)F)c1. The van der Waals surface area contributed by atoms with E-state index >= 15 is 0 Å². The normalized spacial score (nSPS) is 21.0. The molecule has 1 aromatic rings. The summed E-state index contributed by atoms with van der Waals surface area (Å²) in [7, 11) is 0. The fourth-order valence-electron chi connectivity index (χ4n) is 3.77. The lowest BCUT2D eigenvalue weighted by atomic mass is 9.73. The van der Waals surface area contributed by atoms with Crippen molar-refractivity contribution < 1.29 is 13.2 Å². The molecule has 1 spiro atoms. The van der Waals surface area contributed by atoms with E-state index in [-0.39, 0.29) is 5.41 Å². The fourth-order valence-corrected chi connectivity index (χ4v) is 3.77. The molecule has 2 aliphatic heterocycles. The molecule has 2 heterocycles. The van der Waals surface area contributed by atoms with Gasteiger partial charge in [0.05, 0.1) is 6.42 Å². The molecule has 3 rings (SSSR count). The third-order valence-electron chi connectivity index (χ3n) is 5.50. The second-order valence-electron chi connectivity index (χ2n) is 8.48. The van der Waals surface area contributed by atoms with Crippen molar-refractivity contribution >= 4 is 5.69 Å². The highest BCUT2D eigenvalue weighted by Gasteiger charge is 2.40. The Morgan fingerprint density at radius 3 is 2.17 bits per heavy atom. The molecule has 134 valence electrons. The lowest BCUT2D eigenvalue weighted by Crippen LogP contribution is -2.58. The Balaban J connectivity index is 1.86. The van der Waals surface area contributed by atoms with Crippen molar-refractivity contribution in [3.8, 4) is 0 Å². The summed E-state index contributed by atoms with van der Waals surface area (Å²) in [5.74, 6) is 0. The van der Waals surface area contributed by atoms with Gasteiger partial charge in [0.25, 0.3) is 0 Å². The second kappa shape index (κ2) is 5.94. The molecular formula is C19H27F3N2. The Hall–Kier alpha value is -1.23. The Labute approximate surface area is 142 Å². The van der Waals surface area contributed by atoms with Crippen molar-refractivity contribution in [1.29, 1.82) is 0 Å². The molecule has 5 heteroatoms. The maximum Gasteiger partial charge on any atom is 0.393 e. The molecule has 1 aromatic carbocycles. The Morgan fingerprint density at radius 1 is 1.08 bits per heavy atom. The van der Waals surface area contributed by atoms with Crippen molar-refractivity contribution in [2.75, 3.05) is 31.1 Å². The number of nitrogens with one attached hydrogen (secondary N) is 1. The van der Waals surface area contributed by atoms with Crippen molar-refractivity contribution in [3.63, 3.8) is 0 Å². The maximum absolute atomic E-state index is 13.1. The molecule has 2 fully saturated rings. The van der Waals surface area contributed by atoms with Crippen LogP contribution in [0.5, 0.6) is 0 Å². The maximum atomic E-state index is 13.1. The van der Waals surface area contributed by atoms with E-state index in [2.05, 4.69) is 10.2 Å². The number of nitrogens with zero attached hydrogens (tertiary/aromatic N) is 1. The molecule has 0 unspecified atom stereocenters. The quantitative estimate of drug-likeness (QED) is 0.864. The molecule has 0 saturated carbocycles. The summed E-state index contributed by atoms with van der Waals surface area (Å²) in [6, 6.07) is 5.65. The summed E-state index contributed by atoms with van der Waals surface area (Å²) in [5.41, 5.74) is 2.39. The molecular weight excluding hydrogens is 313 g/mol. The van der Waals surface area contributed by atoms with Gasteiger partial charge in [0.15, 0.2) is 0 Å². The van der Waals surface area contributed by atoms with Gasteiger partial charge in [-0.2, -0.15) is 13.2 Å². The number of hydrogen-bond acceptors (Lipinski definition) is 2. The first-order valence-electron chi connectivity index (χ1n) is 8.74. The van der Waals surface area contributed by atoms with Crippen LogP contribution in [0.1, 0.15) is 44.7 Å². The fraction of sp³-hybridized carbons (Fsp3) is 0.684. The second-order valence-corrected chi connectivity index (χ2v) is 8.48. The molecule has 2 aliphatic rings. The first kappa shape index (κ1) is 17.6. The van der Waals surface area contributed by atoms with Gasteiger partial charge >= 0.3 is 6.18 Å². The number of alkyl halides is 3. The Bertz CT molecular complexity index is 588. The van der Waals surface area contributed by atoms with Crippen LogP contribution in [-0.2, 0) is 11.8 Å².